The molecule has 0 aromatic heterocycles. The maximum atomic E-state index is 11.3. The number of hydrogen-bond donors (Lipinski definition) is 1. The minimum absolute atomic E-state index is 0.0613. The number of methoxy groups -OCH3 is 1. The highest BCUT2D eigenvalue weighted by Crippen LogP contribution is 2.24. The molecule has 2 rings (SSSR count). The van der Waals surface area contributed by atoms with Crippen LogP contribution in [0.25, 0.3) is 12.2 Å². The van der Waals surface area contributed by atoms with E-state index in [1.807, 2.05) is 24.3 Å². The molecule has 0 radical (unpaired) electrons. The normalized spacial score (nSPS) is 10.7. The summed E-state index contributed by atoms with van der Waals surface area (Å²) < 4.78 is 4.63. The molecule has 4 heteroatoms. The van der Waals surface area contributed by atoms with Crippen molar-refractivity contribution in [2.45, 2.75) is 0 Å². The van der Waals surface area contributed by atoms with Crippen LogP contribution in [0, 0.1) is 0 Å². The molecule has 0 amide bonds. The van der Waals surface area contributed by atoms with Crippen molar-refractivity contribution in [3.63, 3.8) is 0 Å². The van der Waals surface area contributed by atoms with Crippen LogP contribution in [0.5, 0.6) is 5.75 Å². The van der Waals surface area contributed by atoms with E-state index in [9.17, 15) is 9.90 Å². The third kappa shape index (κ3) is 3.39. The van der Waals surface area contributed by atoms with Crippen molar-refractivity contribution in [3.8, 4) is 5.75 Å². The molecular formula is C16H13ClO3. The average Bonchev–Trinajstić information content (AvgIpc) is 2.48. The molecule has 0 unspecified atom stereocenters. The molecule has 20 heavy (non-hydrogen) atoms. The lowest BCUT2D eigenvalue weighted by Crippen LogP contribution is -2.00. The summed E-state index contributed by atoms with van der Waals surface area (Å²) in [6.07, 6.45) is 3.77. The van der Waals surface area contributed by atoms with E-state index in [1.54, 1.807) is 30.3 Å². The number of rotatable bonds is 3. The number of phenols is 1. The molecule has 1 N–H and O–H groups in total. The first-order chi connectivity index (χ1) is 9.60. The van der Waals surface area contributed by atoms with E-state index in [0.29, 0.717) is 10.6 Å². The number of hydrogen-bond acceptors (Lipinski definition) is 3. The van der Waals surface area contributed by atoms with Crippen molar-refractivity contribution in [2.75, 3.05) is 7.11 Å². The quantitative estimate of drug-likeness (QED) is 0.686. The van der Waals surface area contributed by atoms with Gasteiger partial charge in [0.2, 0.25) is 0 Å². The Balaban J connectivity index is 2.15. The number of carbonyl (C=O) groups excluding carboxylic acids is 1. The number of benzene rings is 2. The Labute approximate surface area is 122 Å². The predicted octanol–water partition coefficient (Wildman–Crippen LogP) is 4.00. The molecule has 0 aliphatic carbocycles. The van der Waals surface area contributed by atoms with E-state index in [-0.39, 0.29) is 11.7 Å². The second-order valence-electron chi connectivity index (χ2n) is 4.16. The van der Waals surface area contributed by atoms with E-state index in [2.05, 4.69) is 4.74 Å². The van der Waals surface area contributed by atoms with Crippen LogP contribution in [-0.4, -0.2) is 18.2 Å². The van der Waals surface area contributed by atoms with Gasteiger partial charge in [-0.3, -0.25) is 0 Å². The number of carbonyl (C=O) groups is 1. The zero-order chi connectivity index (χ0) is 14.5. The summed E-state index contributed by atoms with van der Waals surface area (Å²) in [5.41, 5.74) is 2.34. The molecule has 0 atom stereocenters. The molecule has 0 saturated carbocycles. The number of halogens is 1. The molecule has 3 nitrogen and oxygen atoms in total. The molecule has 0 aliphatic heterocycles. The Morgan fingerprint density at radius 2 is 1.70 bits per heavy atom. The van der Waals surface area contributed by atoms with Crippen molar-refractivity contribution in [3.05, 3.63) is 64.2 Å². The second-order valence-corrected chi connectivity index (χ2v) is 4.56. The Morgan fingerprint density at radius 3 is 2.30 bits per heavy atom. The topological polar surface area (TPSA) is 46.5 Å². The lowest BCUT2D eigenvalue weighted by molar-refractivity contribution is 0.0600. The van der Waals surface area contributed by atoms with Crippen LogP contribution < -0.4 is 0 Å². The Morgan fingerprint density at radius 1 is 1.10 bits per heavy atom. The van der Waals surface area contributed by atoms with Crippen LogP contribution in [-0.2, 0) is 4.74 Å². The van der Waals surface area contributed by atoms with E-state index >= 15 is 0 Å². The zero-order valence-electron chi connectivity index (χ0n) is 10.8. The van der Waals surface area contributed by atoms with Gasteiger partial charge in [-0.25, -0.2) is 4.79 Å². The third-order valence-electron chi connectivity index (χ3n) is 2.77. The summed E-state index contributed by atoms with van der Waals surface area (Å²) in [4.78, 5) is 11.3. The van der Waals surface area contributed by atoms with Crippen LogP contribution in [0.1, 0.15) is 21.5 Å². The fourth-order valence-electron chi connectivity index (χ4n) is 1.67. The smallest absolute Gasteiger partial charge is 0.337 e. The Kier molecular flexibility index (Phi) is 4.43. The van der Waals surface area contributed by atoms with Crippen molar-refractivity contribution in [1.29, 1.82) is 0 Å². The summed E-state index contributed by atoms with van der Waals surface area (Å²) in [6, 6.07) is 12.0. The van der Waals surface area contributed by atoms with Gasteiger partial charge >= 0.3 is 5.97 Å². The minimum atomic E-state index is -0.356. The number of phenolic OH excluding ortho intramolecular Hbond substituents is 1. The molecule has 0 fully saturated rings. The lowest BCUT2D eigenvalue weighted by Gasteiger charge is -2.00. The maximum Gasteiger partial charge on any atom is 0.337 e. The van der Waals surface area contributed by atoms with Crippen molar-refractivity contribution < 1.29 is 14.6 Å². The first-order valence-corrected chi connectivity index (χ1v) is 6.33. The predicted molar refractivity (Wildman–Crippen MR) is 79.8 cm³/mol. The number of ether oxygens (including phenoxy) is 1. The molecule has 0 heterocycles. The summed E-state index contributed by atoms with van der Waals surface area (Å²) in [5, 5.41) is 9.65. The van der Waals surface area contributed by atoms with Gasteiger partial charge in [-0.05, 0) is 35.4 Å². The van der Waals surface area contributed by atoms with Crippen LogP contribution >= 0.6 is 11.6 Å². The molecule has 2 aromatic carbocycles. The van der Waals surface area contributed by atoms with Crippen LogP contribution in [0.3, 0.4) is 0 Å². The van der Waals surface area contributed by atoms with Gasteiger partial charge in [0, 0.05) is 0 Å². The van der Waals surface area contributed by atoms with Crippen molar-refractivity contribution in [1.82, 2.24) is 0 Å². The van der Waals surface area contributed by atoms with Gasteiger partial charge in [-0.1, -0.05) is 42.0 Å². The van der Waals surface area contributed by atoms with Crippen molar-refractivity contribution >= 4 is 29.7 Å². The highest BCUT2D eigenvalue weighted by molar-refractivity contribution is 6.32. The second kappa shape index (κ2) is 6.26. The first kappa shape index (κ1) is 14.2. The lowest BCUT2D eigenvalue weighted by atomic mass is 10.1. The SMILES string of the molecule is COC(=O)c1ccc(/C=C/c2ccc(O)c(Cl)c2)cc1. The van der Waals surface area contributed by atoms with Crippen LogP contribution in [0.4, 0.5) is 0 Å². The molecule has 2 aromatic rings. The van der Waals surface area contributed by atoms with Crippen molar-refractivity contribution in [2.24, 2.45) is 0 Å². The van der Waals surface area contributed by atoms with Gasteiger partial charge < -0.3 is 9.84 Å². The van der Waals surface area contributed by atoms with E-state index in [0.717, 1.165) is 11.1 Å². The van der Waals surface area contributed by atoms with Crippen LogP contribution in [0.15, 0.2) is 42.5 Å². The fraction of sp³-hybridized carbons (Fsp3) is 0.0625. The fourth-order valence-corrected chi connectivity index (χ4v) is 1.86. The molecule has 0 spiro atoms. The molecule has 0 saturated heterocycles. The molecule has 0 bridgehead atoms. The van der Waals surface area contributed by atoms with Gasteiger partial charge in [0.1, 0.15) is 5.75 Å². The highest BCUT2D eigenvalue weighted by atomic mass is 35.5. The van der Waals surface area contributed by atoms with Gasteiger partial charge in [-0.2, -0.15) is 0 Å². The van der Waals surface area contributed by atoms with E-state index in [4.69, 9.17) is 11.6 Å². The highest BCUT2D eigenvalue weighted by Gasteiger charge is 2.03. The summed E-state index contributed by atoms with van der Waals surface area (Å²) >= 11 is 5.83. The number of aromatic hydroxyl groups is 1. The van der Waals surface area contributed by atoms with Gasteiger partial charge in [-0.15, -0.1) is 0 Å². The minimum Gasteiger partial charge on any atom is -0.506 e. The largest absolute Gasteiger partial charge is 0.506 e. The Hall–Kier alpha value is -2.26. The third-order valence-corrected chi connectivity index (χ3v) is 3.07. The van der Waals surface area contributed by atoms with Gasteiger partial charge in [0.05, 0.1) is 17.7 Å². The maximum absolute atomic E-state index is 11.3. The summed E-state index contributed by atoms with van der Waals surface area (Å²) in [6.45, 7) is 0. The van der Waals surface area contributed by atoms with Gasteiger partial charge in [0.15, 0.2) is 0 Å². The monoisotopic (exact) mass is 288 g/mol. The summed E-state index contributed by atoms with van der Waals surface area (Å²) in [7, 11) is 1.35. The number of esters is 1. The van der Waals surface area contributed by atoms with Crippen LogP contribution in [0.2, 0.25) is 5.02 Å². The molecular weight excluding hydrogens is 276 g/mol. The molecule has 0 aliphatic rings. The van der Waals surface area contributed by atoms with E-state index in [1.165, 1.54) is 7.11 Å². The average molecular weight is 289 g/mol. The Bertz CT molecular complexity index is 645. The van der Waals surface area contributed by atoms with Gasteiger partial charge in [0.25, 0.3) is 0 Å². The molecule has 102 valence electrons. The first-order valence-electron chi connectivity index (χ1n) is 5.95. The van der Waals surface area contributed by atoms with E-state index < -0.39 is 0 Å². The zero-order valence-corrected chi connectivity index (χ0v) is 11.6. The summed E-state index contributed by atoms with van der Waals surface area (Å²) in [5.74, 6) is -0.294. The standard InChI is InChI=1S/C16H13ClO3/c1-20-16(19)13-7-4-11(5-8-13)2-3-12-6-9-15(18)14(17)10-12/h2-10,18H,1H3/b3-2+.